The number of hydrogen-bond acceptors (Lipinski definition) is 2. The maximum absolute atomic E-state index is 13.2. The van der Waals surface area contributed by atoms with Crippen LogP contribution < -0.4 is 5.32 Å². The smallest absolute Gasteiger partial charge is 0.123 e. The van der Waals surface area contributed by atoms with Gasteiger partial charge in [0.1, 0.15) is 5.82 Å². The molecule has 0 aliphatic heterocycles. The summed E-state index contributed by atoms with van der Waals surface area (Å²) >= 11 is 2.11. The van der Waals surface area contributed by atoms with E-state index in [-0.39, 0.29) is 5.82 Å². The Labute approximate surface area is 125 Å². The zero-order valence-electron chi connectivity index (χ0n) is 12.1. The Bertz CT molecular complexity index is 444. The van der Waals surface area contributed by atoms with Crippen LogP contribution in [-0.2, 0) is 0 Å². The molecule has 2 aliphatic rings. The van der Waals surface area contributed by atoms with Gasteiger partial charge in [-0.15, -0.1) is 0 Å². The zero-order valence-corrected chi connectivity index (χ0v) is 13.0. The molecule has 2 fully saturated rings. The van der Waals surface area contributed by atoms with Crippen LogP contribution >= 0.6 is 11.8 Å². The summed E-state index contributed by atoms with van der Waals surface area (Å²) < 4.78 is 13.2. The average molecular weight is 293 g/mol. The summed E-state index contributed by atoms with van der Waals surface area (Å²) in [6.45, 7) is 2.25. The highest BCUT2D eigenvalue weighted by atomic mass is 32.2. The first-order valence-corrected chi connectivity index (χ1v) is 8.92. The summed E-state index contributed by atoms with van der Waals surface area (Å²) in [6, 6.07) is 8.49. The third-order valence-corrected chi connectivity index (χ3v) is 5.95. The predicted octanol–water partition coefficient (Wildman–Crippen LogP) is 4.34. The lowest BCUT2D eigenvalue weighted by atomic mass is 9.75. The molecule has 0 saturated heterocycles. The fourth-order valence-corrected chi connectivity index (χ4v) is 4.74. The van der Waals surface area contributed by atoms with Crippen molar-refractivity contribution in [3.05, 3.63) is 35.6 Å². The number of benzene rings is 1. The molecule has 0 heterocycles. The molecule has 1 aromatic carbocycles. The van der Waals surface area contributed by atoms with Crippen LogP contribution in [0.5, 0.6) is 0 Å². The molecule has 2 saturated carbocycles. The summed E-state index contributed by atoms with van der Waals surface area (Å²) in [6.07, 6.45) is 6.38. The molecule has 3 heteroatoms. The molecule has 1 nitrogen and oxygen atoms in total. The van der Waals surface area contributed by atoms with Crippen molar-refractivity contribution >= 4 is 11.8 Å². The second-order valence-corrected chi connectivity index (χ2v) is 7.75. The first-order chi connectivity index (χ1) is 9.74. The topological polar surface area (TPSA) is 12.0 Å². The summed E-state index contributed by atoms with van der Waals surface area (Å²) in [5, 5.41) is 4.68. The highest BCUT2D eigenvalue weighted by Crippen LogP contribution is 2.38. The van der Waals surface area contributed by atoms with Crippen LogP contribution in [0.4, 0.5) is 4.39 Å². The van der Waals surface area contributed by atoms with Gasteiger partial charge in [0.05, 0.1) is 0 Å². The molecule has 1 aromatic rings. The first kappa shape index (κ1) is 14.4. The van der Waals surface area contributed by atoms with Gasteiger partial charge in [-0.25, -0.2) is 4.39 Å². The second kappa shape index (κ2) is 6.48. The van der Waals surface area contributed by atoms with E-state index in [2.05, 4.69) is 30.1 Å². The maximum Gasteiger partial charge on any atom is 0.123 e. The molecule has 0 amide bonds. The second-order valence-electron chi connectivity index (χ2n) is 6.17. The molecule has 3 rings (SSSR count). The SMILES string of the molecule is CCSC1CCC(NC2CC(c3cccc(F)c3)C2)C1. The molecule has 110 valence electrons. The Hall–Kier alpha value is -0.540. The fourth-order valence-electron chi connectivity index (χ4n) is 3.60. The minimum atomic E-state index is -0.103. The minimum Gasteiger partial charge on any atom is -0.311 e. The van der Waals surface area contributed by atoms with E-state index in [1.807, 2.05) is 6.07 Å². The van der Waals surface area contributed by atoms with E-state index >= 15 is 0 Å². The lowest BCUT2D eigenvalue weighted by Gasteiger charge is -2.38. The Kier molecular flexibility index (Phi) is 4.67. The van der Waals surface area contributed by atoms with Crippen LogP contribution in [0.25, 0.3) is 0 Å². The minimum absolute atomic E-state index is 0.103. The number of nitrogens with one attached hydrogen (secondary N) is 1. The van der Waals surface area contributed by atoms with Crippen molar-refractivity contribution in [2.24, 2.45) is 0 Å². The van der Waals surface area contributed by atoms with E-state index in [0.29, 0.717) is 12.0 Å². The highest BCUT2D eigenvalue weighted by Gasteiger charge is 2.34. The average Bonchev–Trinajstić information content (AvgIpc) is 2.81. The third-order valence-electron chi connectivity index (χ3n) is 4.72. The molecule has 0 spiro atoms. The maximum atomic E-state index is 13.2. The lowest BCUT2D eigenvalue weighted by Crippen LogP contribution is -2.44. The molecule has 2 aliphatic carbocycles. The quantitative estimate of drug-likeness (QED) is 0.867. The van der Waals surface area contributed by atoms with Gasteiger partial charge in [-0.3, -0.25) is 0 Å². The molecule has 20 heavy (non-hydrogen) atoms. The fraction of sp³-hybridized carbons (Fsp3) is 0.647. The van der Waals surface area contributed by atoms with Gasteiger partial charge < -0.3 is 5.32 Å². The van der Waals surface area contributed by atoms with Crippen molar-refractivity contribution in [2.45, 2.75) is 62.3 Å². The van der Waals surface area contributed by atoms with Gasteiger partial charge in [0, 0.05) is 17.3 Å². The van der Waals surface area contributed by atoms with Gasteiger partial charge in [-0.1, -0.05) is 19.1 Å². The van der Waals surface area contributed by atoms with Gasteiger partial charge in [0.25, 0.3) is 0 Å². The van der Waals surface area contributed by atoms with Crippen LogP contribution in [0.15, 0.2) is 24.3 Å². The Morgan fingerprint density at radius 1 is 1.20 bits per heavy atom. The normalized spacial score (nSPS) is 33.1. The molecular weight excluding hydrogens is 269 g/mol. The van der Waals surface area contributed by atoms with Gasteiger partial charge in [0.15, 0.2) is 0 Å². The van der Waals surface area contributed by atoms with Gasteiger partial charge in [0.2, 0.25) is 0 Å². The summed E-state index contributed by atoms with van der Waals surface area (Å²) in [7, 11) is 0. The Balaban J connectivity index is 1.43. The van der Waals surface area contributed by atoms with Gasteiger partial charge in [-0.05, 0) is 61.5 Å². The van der Waals surface area contributed by atoms with Crippen molar-refractivity contribution in [3.63, 3.8) is 0 Å². The van der Waals surface area contributed by atoms with E-state index in [1.54, 1.807) is 6.07 Å². The van der Waals surface area contributed by atoms with Gasteiger partial charge in [-0.2, -0.15) is 11.8 Å². The van der Waals surface area contributed by atoms with E-state index < -0.39 is 0 Å². The van der Waals surface area contributed by atoms with Crippen molar-refractivity contribution in [2.75, 3.05) is 5.75 Å². The summed E-state index contributed by atoms with van der Waals surface area (Å²) in [4.78, 5) is 0. The van der Waals surface area contributed by atoms with Crippen molar-refractivity contribution < 1.29 is 4.39 Å². The third kappa shape index (κ3) is 3.37. The molecule has 0 radical (unpaired) electrons. The zero-order chi connectivity index (χ0) is 13.9. The van der Waals surface area contributed by atoms with Gasteiger partial charge >= 0.3 is 0 Å². The van der Waals surface area contributed by atoms with Crippen LogP contribution in [0.3, 0.4) is 0 Å². The lowest BCUT2D eigenvalue weighted by molar-refractivity contribution is 0.265. The van der Waals surface area contributed by atoms with Crippen LogP contribution in [0, 0.1) is 5.82 Å². The highest BCUT2D eigenvalue weighted by molar-refractivity contribution is 7.99. The van der Waals surface area contributed by atoms with Crippen LogP contribution in [0.1, 0.15) is 50.5 Å². The Morgan fingerprint density at radius 2 is 2.05 bits per heavy atom. The molecule has 2 unspecified atom stereocenters. The van der Waals surface area contributed by atoms with Crippen molar-refractivity contribution in [1.29, 1.82) is 0 Å². The van der Waals surface area contributed by atoms with Crippen LogP contribution in [0.2, 0.25) is 0 Å². The summed E-state index contributed by atoms with van der Waals surface area (Å²) in [5.41, 5.74) is 1.17. The van der Waals surface area contributed by atoms with Crippen molar-refractivity contribution in [3.8, 4) is 0 Å². The summed E-state index contributed by atoms with van der Waals surface area (Å²) in [5.74, 6) is 1.70. The number of thioether (sulfide) groups is 1. The monoisotopic (exact) mass is 293 g/mol. The first-order valence-electron chi connectivity index (χ1n) is 7.87. The molecule has 2 atom stereocenters. The largest absolute Gasteiger partial charge is 0.311 e. The van der Waals surface area contributed by atoms with Crippen molar-refractivity contribution in [1.82, 2.24) is 5.32 Å². The molecule has 0 aromatic heterocycles. The number of hydrogen-bond donors (Lipinski definition) is 1. The molecular formula is C17H24FNS. The van der Waals surface area contributed by atoms with Crippen LogP contribution in [-0.4, -0.2) is 23.1 Å². The molecule has 1 N–H and O–H groups in total. The molecule has 0 bridgehead atoms. The van der Waals surface area contributed by atoms with E-state index in [1.165, 1.54) is 49.5 Å². The number of halogens is 1. The predicted molar refractivity (Wildman–Crippen MR) is 84.9 cm³/mol. The number of rotatable bonds is 5. The van der Waals surface area contributed by atoms with E-state index in [0.717, 1.165) is 11.3 Å². The van der Waals surface area contributed by atoms with E-state index in [4.69, 9.17) is 0 Å². The standard InChI is InChI=1S/C17H24FNS/c1-2-20-17-7-6-15(11-17)19-16-9-13(10-16)12-4-3-5-14(18)8-12/h3-5,8,13,15-17,19H,2,6-7,9-11H2,1H3. The van der Waals surface area contributed by atoms with E-state index in [9.17, 15) is 4.39 Å². The Morgan fingerprint density at radius 3 is 2.80 bits per heavy atom.